The molecule has 0 spiro atoms. The Bertz CT molecular complexity index is 435. The molecule has 0 aliphatic carbocycles. The first-order valence-electron chi connectivity index (χ1n) is 6.51. The van der Waals surface area contributed by atoms with Gasteiger partial charge in [-0.3, -0.25) is 4.79 Å². The lowest BCUT2D eigenvalue weighted by atomic mass is 10.0. The molecule has 19 heavy (non-hydrogen) atoms. The van der Waals surface area contributed by atoms with Gasteiger partial charge in [-0.1, -0.05) is 68.4 Å². The van der Waals surface area contributed by atoms with Gasteiger partial charge in [0.25, 0.3) is 0 Å². The molecule has 0 aliphatic rings. The number of hydrogen-bond acceptors (Lipinski definition) is 2. The molecule has 0 fully saturated rings. The molecule has 102 valence electrons. The number of carbonyl (C=O) groups is 1. The molecule has 2 aromatic carbocycles. The van der Waals surface area contributed by atoms with Gasteiger partial charge < -0.3 is 5.32 Å². The van der Waals surface area contributed by atoms with Crippen molar-refractivity contribution in [1.29, 1.82) is 0 Å². The first-order chi connectivity index (χ1) is 9.31. The average molecular weight is 257 g/mol. The number of benzene rings is 2. The highest BCUT2D eigenvalue weighted by atomic mass is 16.1. The van der Waals surface area contributed by atoms with Crippen molar-refractivity contribution in [1.82, 2.24) is 5.32 Å². The second-order valence-corrected chi connectivity index (χ2v) is 3.61. The number of nitrogens with one attached hydrogen (secondary N) is 1. The molecular formula is C17H23NO. The molecule has 0 aromatic heterocycles. The van der Waals surface area contributed by atoms with Gasteiger partial charge in [-0.2, -0.15) is 0 Å². The van der Waals surface area contributed by atoms with Crippen LogP contribution in [0.5, 0.6) is 0 Å². The summed E-state index contributed by atoms with van der Waals surface area (Å²) in [6.45, 7) is 4.00. The van der Waals surface area contributed by atoms with E-state index in [9.17, 15) is 4.79 Å². The van der Waals surface area contributed by atoms with Crippen LogP contribution in [0.2, 0.25) is 0 Å². The molecule has 0 atom stereocenters. The predicted octanol–water partition coefficient (Wildman–Crippen LogP) is 4.03. The van der Waals surface area contributed by atoms with E-state index in [1.54, 1.807) is 0 Å². The fourth-order valence-electron chi connectivity index (χ4n) is 1.38. The molecule has 0 saturated heterocycles. The van der Waals surface area contributed by atoms with Crippen LogP contribution in [0.4, 0.5) is 0 Å². The standard InChI is InChI=1S/C13H10O.C2H7N.C2H6/c14-10-11-6-8-13(9-7-11)12-4-2-1-3-5-12;1-3-2;1-2/h1-10H;3H,1-2H3;1-2H3. The Morgan fingerprint density at radius 1 is 0.789 bits per heavy atom. The van der Waals surface area contributed by atoms with Gasteiger partial charge in [-0.25, -0.2) is 0 Å². The minimum atomic E-state index is 0.713. The molecule has 2 nitrogen and oxygen atoms in total. The zero-order chi connectivity index (χ0) is 14.5. The van der Waals surface area contributed by atoms with Crippen molar-refractivity contribution in [3.05, 3.63) is 60.2 Å². The summed E-state index contributed by atoms with van der Waals surface area (Å²) in [5, 5.41) is 2.75. The van der Waals surface area contributed by atoms with Gasteiger partial charge >= 0.3 is 0 Å². The van der Waals surface area contributed by atoms with Crippen LogP contribution in [0, 0.1) is 0 Å². The molecule has 0 bridgehead atoms. The van der Waals surface area contributed by atoms with E-state index in [2.05, 4.69) is 17.4 Å². The van der Waals surface area contributed by atoms with Gasteiger partial charge in [0, 0.05) is 5.56 Å². The summed E-state index contributed by atoms with van der Waals surface area (Å²) in [7, 11) is 3.75. The van der Waals surface area contributed by atoms with E-state index in [0.717, 1.165) is 11.8 Å². The first kappa shape index (κ1) is 17.1. The van der Waals surface area contributed by atoms with Crippen molar-refractivity contribution in [2.24, 2.45) is 0 Å². The van der Waals surface area contributed by atoms with E-state index in [0.29, 0.717) is 5.56 Å². The zero-order valence-electron chi connectivity index (χ0n) is 12.2. The van der Waals surface area contributed by atoms with Gasteiger partial charge in [0.05, 0.1) is 0 Å². The summed E-state index contributed by atoms with van der Waals surface area (Å²) in [5.41, 5.74) is 3.02. The van der Waals surface area contributed by atoms with Gasteiger partial charge in [-0.05, 0) is 25.2 Å². The van der Waals surface area contributed by atoms with E-state index in [-0.39, 0.29) is 0 Å². The van der Waals surface area contributed by atoms with Crippen LogP contribution in [0.25, 0.3) is 11.1 Å². The molecule has 0 heterocycles. The Balaban J connectivity index is 0.000000573. The number of aldehydes is 1. The minimum absolute atomic E-state index is 0.713. The third-order valence-electron chi connectivity index (χ3n) is 2.15. The third-order valence-corrected chi connectivity index (χ3v) is 2.15. The highest BCUT2D eigenvalue weighted by molar-refractivity contribution is 5.76. The topological polar surface area (TPSA) is 29.1 Å². The van der Waals surface area contributed by atoms with Crippen molar-refractivity contribution < 1.29 is 4.79 Å². The normalized spacial score (nSPS) is 8.42. The van der Waals surface area contributed by atoms with Crippen molar-refractivity contribution in [3.63, 3.8) is 0 Å². The highest BCUT2D eigenvalue weighted by Gasteiger charge is 1.95. The Morgan fingerprint density at radius 3 is 1.63 bits per heavy atom. The van der Waals surface area contributed by atoms with Crippen LogP contribution in [-0.4, -0.2) is 20.4 Å². The lowest BCUT2D eigenvalue weighted by Crippen LogP contribution is -1.89. The molecule has 0 saturated carbocycles. The van der Waals surface area contributed by atoms with Gasteiger partial charge in [-0.15, -0.1) is 0 Å². The molecule has 1 N–H and O–H groups in total. The molecule has 0 unspecified atom stereocenters. The van der Waals surface area contributed by atoms with E-state index < -0.39 is 0 Å². The van der Waals surface area contributed by atoms with Crippen LogP contribution in [0.3, 0.4) is 0 Å². The molecule has 0 amide bonds. The highest BCUT2D eigenvalue weighted by Crippen LogP contribution is 2.18. The second kappa shape index (κ2) is 11.2. The van der Waals surface area contributed by atoms with Crippen LogP contribution in [-0.2, 0) is 0 Å². The molecule has 2 rings (SSSR count). The maximum atomic E-state index is 10.5. The Kier molecular flexibility index (Phi) is 10.0. The summed E-state index contributed by atoms with van der Waals surface area (Å²) in [4.78, 5) is 10.5. The quantitative estimate of drug-likeness (QED) is 0.823. The van der Waals surface area contributed by atoms with Crippen molar-refractivity contribution in [2.75, 3.05) is 14.1 Å². The first-order valence-corrected chi connectivity index (χ1v) is 6.51. The Morgan fingerprint density at radius 2 is 1.21 bits per heavy atom. The van der Waals surface area contributed by atoms with Crippen molar-refractivity contribution in [2.45, 2.75) is 13.8 Å². The summed E-state index contributed by atoms with van der Waals surface area (Å²) >= 11 is 0. The molecule has 0 aliphatic heterocycles. The maximum Gasteiger partial charge on any atom is 0.150 e. The second-order valence-electron chi connectivity index (χ2n) is 3.61. The van der Waals surface area contributed by atoms with Gasteiger partial charge in [0.15, 0.2) is 0 Å². The third kappa shape index (κ3) is 6.53. The Labute approximate surface area is 116 Å². The fraction of sp³-hybridized carbons (Fsp3) is 0.235. The van der Waals surface area contributed by atoms with Crippen molar-refractivity contribution >= 4 is 6.29 Å². The summed E-state index contributed by atoms with van der Waals surface area (Å²) in [6.07, 6.45) is 0.856. The Hall–Kier alpha value is -1.93. The lowest BCUT2D eigenvalue weighted by molar-refractivity contribution is 0.112. The number of rotatable bonds is 2. The molecule has 2 heteroatoms. The summed E-state index contributed by atoms with van der Waals surface area (Å²) < 4.78 is 0. The van der Waals surface area contributed by atoms with Crippen LogP contribution in [0.1, 0.15) is 24.2 Å². The van der Waals surface area contributed by atoms with Crippen LogP contribution < -0.4 is 5.32 Å². The maximum absolute atomic E-state index is 10.5. The average Bonchev–Trinajstić information content (AvgIpc) is 2.51. The molecule has 2 aromatic rings. The summed E-state index contributed by atoms with van der Waals surface area (Å²) in [6, 6.07) is 17.7. The zero-order valence-corrected chi connectivity index (χ0v) is 12.2. The largest absolute Gasteiger partial charge is 0.323 e. The van der Waals surface area contributed by atoms with Gasteiger partial charge in [0.1, 0.15) is 6.29 Å². The van der Waals surface area contributed by atoms with Crippen molar-refractivity contribution in [3.8, 4) is 11.1 Å². The minimum Gasteiger partial charge on any atom is -0.323 e. The lowest BCUT2D eigenvalue weighted by Gasteiger charge is -2.00. The van der Waals surface area contributed by atoms with Gasteiger partial charge in [0.2, 0.25) is 0 Å². The van der Waals surface area contributed by atoms with E-state index in [4.69, 9.17) is 0 Å². The summed E-state index contributed by atoms with van der Waals surface area (Å²) in [5.74, 6) is 0. The SMILES string of the molecule is CC.CNC.O=Cc1ccc(-c2ccccc2)cc1. The number of hydrogen-bond donors (Lipinski definition) is 1. The molecular weight excluding hydrogens is 234 g/mol. The van der Waals surface area contributed by atoms with E-state index in [1.807, 2.05) is 70.4 Å². The monoisotopic (exact) mass is 257 g/mol. The van der Waals surface area contributed by atoms with E-state index >= 15 is 0 Å². The fourth-order valence-corrected chi connectivity index (χ4v) is 1.38. The van der Waals surface area contributed by atoms with Crippen LogP contribution >= 0.6 is 0 Å². The number of carbonyl (C=O) groups excluding carboxylic acids is 1. The van der Waals surface area contributed by atoms with E-state index in [1.165, 1.54) is 5.56 Å². The van der Waals surface area contributed by atoms with Crippen LogP contribution in [0.15, 0.2) is 54.6 Å². The predicted molar refractivity (Wildman–Crippen MR) is 83.6 cm³/mol. The molecule has 0 radical (unpaired) electrons. The smallest absolute Gasteiger partial charge is 0.150 e.